The van der Waals surface area contributed by atoms with E-state index in [0.717, 1.165) is 17.7 Å². The Morgan fingerprint density at radius 3 is 2.05 bits per heavy atom. The first kappa shape index (κ1) is 28.5. The van der Waals surface area contributed by atoms with Gasteiger partial charge in [0.2, 0.25) is 0 Å². The van der Waals surface area contributed by atoms with Gasteiger partial charge in [-0.15, -0.1) is 0 Å². The van der Waals surface area contributed by atoms with Gasteiger partial charge in [0.25, 0.3) is 5.91 Å². The van der Waals surface area contributed by atoms with Crippen molar-refractivity contribution in [1.29, 1.82) is 0 Å². The highest BCUT2D eigenvalue weighted by molar-refractivity contribution is 5.99. The van der Waals surface area contributed by atoms with Crippen molar-refractivity contribution in [1.82, 2.24) is 5.32 Å². The minimum absolute atomic E-state index is 0.121. The zero-order valence-electron chi connectivity index (χ0n) is 21.2. The van der Waals surface area contributed by atoms with Crippen LogP contribution in [0.15, 0.2) is 103 Å². The molecule has 4 aromatic rings. The smallest absolute Gasteiger partial charge is 0.417 e. The number of nitrogens with one attached hydrogen (secondary N) is 1. The first-order chi connectivity index (χ1) is 19.2. The van der Waals surface area contributed by atoms with Gasteiger partial charge in [0.1, 0.15) is 23.4 Å². The molecule has 0 saturated carbocycles. The van der Waals surface area contributed by atoms with Crippen LogP contribution in [0.3, 0.4) is 0 Å². The minimum atomic E-state index is -4.97. The van der Waals surface area contributed by atoms with E-state index in [2.05, 4.69) is 5.32 Å². The fourth-order valence-electron chi connectivity index (χ4n) is 3.89. The molecule has 1 atom stereocenters. The molecule has 0 fully saturated rings. The van der Waals surface area contributed by atoms with Crippen LogP contribution in [0.25, 0.3) is 0 Å². The SMILES string of the molecule is O=C(NC(COCc1ccccc1)C(=O)Cc1ccc(Oc2ccccc2)cc1)c1ccc(F)cc1C(F)(F)F. The van der Waals surface area contributed by atoms with Gasteiger partial charge in [-0.05, 0) is 53.6 Å². The largest absolute Gasteiger partial charge is 0.457 e. The number of rotatable bonds is 11. The van der Waals surface area contributed by atoms with Crippen molar-refractivity contribution in [3.05, 3.63) is 131 Å². The molecule has 1 amide bonds. The van der Waals surface area contributed by atoms with Gasteiger partial charge < -0.3 is 14.8 Å². The summed E-state index contributed by atoms with van der Waals surface area (Å²) in [6, 6.07) is 25.4. The molecule has 0 spiro atoms. The van der Waals surface area contributed by atoms with Gasteiger partial charge in [-0.25, -0.2) is 4.39 Å². The number of carbonyl (C=O) groups is 2. The maximum atomic E-state index is 13.5. The zero-order chi connectivity index (χ0) is 28.5. The average molecular weight is 552 g/mol. The monoisotopic (exact) mass is 551 g/mol. The van der Waals surface area contributed by atoms with Crippen LogP contribution in [0.4, 0.5) is 17.6 Å². The lowest BCUT2D eigenvalue weighted by molar-refractivity contribution is -0.138. The van der Waals surface area contributed by atoms with Crippen molar-refractivity contribution in [2.75, 3.05) is 6.61 Å². The Kier molecular flexibility index (Phi) is 9.29. The molecule has 4 rings (SSSR count). The van der Waals surface area contributed by atoms with E-state index in [9.17, 15) is 27.2 Å². The Morgan fingerprint density at radius 2 is 1.40 bits per heavy atom. The molecule has 0 aliphatic heterocycles. The summed E-state index contributed by atoms with van der Waals surface area (Å²) in [5, 5.41) is 2.35. The molecular formula is C31H25F4NO4. The number of hydrogen-bond donors (Lipinski definition) is 1. The Hall–Kier alpha value is -4.50. The van der Waals surface area contributed by atoms with Gasteiger partial charge in [-0.2, -0.15) is 13.2 Å². The lowest BCUT2D eigenvalue weighted by Gasteiger charge is -2.20. The molecule has 0 radical (unpaired) electrons. The summed E-state index contributed by atoms with van der Waals surface area (Å²) in [4.78, 5) is 26.1. The summed E-state index contributed by atoms with van der Waals surface area (Å²) in [7, 11) is 0. The number of amides is 1. The molecule has 1 unspecified atom stereocenters. The van der Waals surface area contributed by atoms with Crippen molar-refractivity contribution in [2.45, 2.75) is 25.2 Å². The molecule has 5 nitrogen and oxygen atoms in total. The van der Waals surface area contributed by atoms with Crippen LogP contribution < -0.4 is 10.1 Å². The number of para-hydroxylation sites is 1. The molecule has 1 N–H and O–H groups in total. The number of ether oxygens (including phenoxy) is 2. The van der Waals surface area contributed by atoms with Gasteiger partial charge in [-0.3, -0.25) is 9.59 Å². The molecule has 0 heterocycles. The van der Waals surface area contributed by atoms with Crippen molar-refractivity contribution in [3.8, 4) is 11.5 Å². The van der Waals surface area contributed by atoms with Gasteiger partial charge in [-0.1, -0.05) is 60.7 Å². The first-order valence-electron chi connectivity index (χ1n) is 12.3. The number of ketones is 1. The van der Waals surface area contributed by atoms with Gasteiger partial charge in [0.15, 0.2) is 5.78 Å². The zero-order valence-corrected chi connectivity index (χ0v) is 21.2. The predicted molar refractivity (Wildman–Crippen MR) is 140 cm³/mol. The van der Waals surface area contributed by atoms with Crippen LogP contribution in [-0.4, -0.2) is 24.3 Å². The van der Waals surface area contributed by atoms with E-state index < -0.39 is 40.9 Å². The first-order valence-corrected chi connectivity index (χ1v) is 12.3. The highest BCUT2D eigenvalue weighted by atomic mass is 19.4. The number of benzene rings is 4. The van der Waals surface area contributed by atoms with E-state index in [1.54, 1.807) is 36.4 Å². The second-order valence-corrected chi connectivity index (χ2v) is 8.92. The van der Waals surface area contributed by atoms with Crippen molar-refractivity contribution < 1.29 is 36.6 Å². The van der Waals surface area contributed by atoms with E-state index in [-0.39, 0.29) is 25.7 Å². The highest BCUT2D eigenvalue weighted by Gasteiger charge is 2.36. The lowest BCUT2D eigenvalue weighted by Crippen LogP contribution is -2.45. The van der Waals surface area contributed by atoms with Gasteiger partial charge >= 0.3 is 6.18 Å². The second-order valence-electron chi connectivity index (χ2n) is 8.92. The fraction of sp³-hybridized carbons (Fsp3) is 0.161. The van der Waals surface area contributed by atoms with E-state index in [1.165, 1.54) is 0 Å². The topological polar surface area (TPSA) is 64.6 Å². The standard InChI is InChI=1S/C31H25F4NO4/c32-23-13-16-26(27(18-23)31(33,34)35)30(38)36-28(20-39-19-22-7-3-1-4-8-22)29(37)17-21-11-14-25(15-12-21)40-24-9-5-2-6-10-24/h1-16,18,28H,17,19-20H2,(H,36,38). The molecule has 0 aromatic heterocycles. The summed E-state index contributed by atoms with van der Waals surface area (Å²) in [6.07, 6.45) is -5.09. The lowest BCUT2D eigenvalue weighted by atomic mass is 10.0. The quantitative estimate of drug-likeness (QED) is 0.209. The third-order valence-corrected chi connectivity index (χ3v) is 5.90. The molecule has 0 aliphatic rings. The molecule has 0 aliphatic carbocycles. The van der Waals surface area contributed by atoms with Crippen molar-refractivity contribution >= 4 is 11.7 Å². The van der Waals surface area contributed by atoms with Crippen LogP contribution in [-0.2, 0) is 28.7 Å². The van der Waals surface area contributed by atoms with Crippen LogP contribution in [0.1, 0.15) is 27.0 Å². The van der Waals surface area contributed by atoms with Crippen molar-refractivity contribution in [2.24, 2.45) is 0 Å². The van der Waals surface area contributed by atoms with E-state index >= 15 is 0 Å². The summed E-state index contributed by atoms with van der Waals surface area (Å²) in [5.41, 5.74) is -0.815. The third-order valence-electron chi connectivity index (χ3n) is 5.90. The van der Waals surface area contributed by atoms with E-state index in [1.807, 2.05) is 48.5 Å². The maximum absolute atomic E-state index is 13.5. The Balaban J connectivity index is 1.48. The van der Waals surface area contributed by atoms with E-state index in [4.69, 9.17) is 9.47 Å². The van der Waals surface area contributed by atoms with Crippen LogP contribution >= 0.6 is 0 Å². The number of Topliss-reactive ketones (excluding diaryl/α,β-unsaturated/α-hetero) is 1. The summed E-state index contributed by atoms with van der Waals surface area (Å²) in [5.74, 6) is -1.59. The number of alkyl halides is 3. The van der Waals surface area contributed by atoms with Gasteiger partial charge in [0.05, 0.1) is 24.3 Å². The summed E-state index contributed by atoms with van der Waals surface area (Å²) in [6.45, 7) is -0.159. The normalized spacial score (nSPS) is 12.0. The Labute approximate surface area is 228 Å². The molecule has 206 valence electrons. The summed E-state index contributed by atoms with van der Waals surface area (Å²) < 4.78 is 65.4. The van der Waals surface area contributed by atoms with Crippen molar-refractivity contribution in [3.63, 3.8) is 0 Å². The summed E-state index contributed by atoms with van der Waals surface area (Å²) >= 11 is 0. The van der Waals surface area contributed by atoms with Gasteiger partial charge in [0, 0.05) is 6.42 Å². The molecular weight excluding hydrogens is 526 g/mol. The molecule has 0 saturated heterocycles. The molecule has 9 heteroatoms. The molecule has 0 bridgehead atoms. The van der Waals surface area contributed by atoms with Crippen LogP contribution in [0.5, 0.6) is 11.5 Å². The minimum Gasteiger partial charge on any atom is -0.457 e. The average Bonchev–Trinajstić information content (AvgIpc) is 2.94. The third kappa shape index (κ3) is 8.00. The van der Waals surface area contributed by atoms with Crippen LogP contribution in [0, 0.1) is 5.82 Å². The van der Waals surface area contributed by atoms with Crippen LogP contribution in [0.2, 0.25) is 0 Å². The maximum Gasteiger partial charge on any atom is 0.417 e. The molecule has 4 aromatic carbocycles. The fourth-order valence-corrected chi connectivity index (χ4v) is 3.89. The predicted octanol–water partition coefficient (Wildman–Crippen LogP) is 6.76. The molecule has 40 heavy (non-hydrogen) atoms. The number of halogens is 4. The highest BCUT2D eigenvalue weighted by Crippen LogP contribution is 2.32. The Bertz CT molecular complexity index is 1430. The number of hydrogen-bond acceptors (Lipinski definition) is 4. The number of carbonyl (C=O) groups excluding carboxylic acids is 2. The van der Waals surface area contributed by atoms with E-state index in [0.29, 0.717) is 17.1 Å². The second kappa shape index (κ2) is 13.0. The Morgan fingerprint density at radius 1 is 0.775 bits per heavy atom.